The topological polar surface area (TPSA) is 56.4 Å². The molecule has 2 heterocycles. The highest BCUT2D eigenvalue weighted by atomic mass is 19.1. The molecule has 1 aromatic rings. The molecule has 5 nitrogen and oxygen atoms in total. The van der Waals surface area contributed by atoms with E-state index in [0.29, 0.717) is 5.69 Å². The smallest absolute Gasteiger partial charge is 0.317 e. The quantitative estimate of drug-likeness (QED) is 0.695. The van der Waals surface area contributed by atoms with Crippen molar-refractivity contribution < 1.29 is 9.18 Å². The Hall–Kier alpha value is -1.66. The third-order valence-corrected chi connectivity index (χ3v) is 3.42. The Kier molecular flexibility index (Phi) is 2.68. The van der Waals surface area contributed by atoms with Crippen LogP contribution >= 0.6 is 0 Å². The molecule has 18 heavy (non-hydrogen) atoms. The fraction of sp³-hybridized carbons (Fsp3) is 0.417. The van der Waals surface area contributed by atoms with Gasteiger partial charge >= 0.3 is 6.03 Å². The van der Waals surface area contributed by atoms with Crippen LogP contribution in [-0.4, -0.2) is 24.8 Å². The monoisotopic (exact) mass is 250 g/mol. The molecular weight excluding hydrogens is 235 g/mol. The lowest BCUT2D eigenvalue weighted by atomic mass is 10.00. The molecule has 96 valence electrons. The number of nitrogens with zero attached hydrogens (tertiary/aromatic N) is 1. The molecule has 0 atom stereocenters. The van der Waals surface area contributed by atoms with Gasteiger partial charge in [-0.1, -0.05) is 0 Å². The summed E-state index contributed by atoms with van der Waals surface area (Å²) >= 11 is 0. The average molecular weight is 250 g/mol. The fourth-order valence-electron chi connectivity index (χ4n) is 2.42. The van der Waals surface area contributed by atoms with E-state index in [1.54, 1.807) is 12.1 Å². The first kappa shape index (κ1) is 11.4. The number of rotatable bonds is 1. The summed E-state index contributed by atoms with van der Waals surface area (Å²) in [5.74, 6) is -0.310. The third kappa shape index (κ3) is 1.93. The minimum atomic E-state index is -0.364. The Labute approximate surface area is 104 Å². The van der Waals surface area contributed by atoms with Crippen LogP contribution in [0.3, 0.4) is 0 Å². The van der Waals surface area contributed by atoms with Crippen LogP contribution < -0.4 is 21.1 Å². The van der Waals surface area contributed by atoms with Crippen LogP contribution in [-0.2, 0) is 0 Å². The van der Waals surface area contributed by atoms with Crippen LogP contribution in [0.15, 0.2) is 24.3 Å². The fourth-order valence-corrected chi connectivity index (χ4v) is 2.42. The number of piperidine rings is 1. The van der Waals surface area contributed by atoms with Gasteiger partial charge in [-0.05, 0) is 50.2 Å². The Bertz CT molecular complexity index is 456. The molecule has 1 spiro atoms. The van der Waals surface area contributed by atoms with Crippen LogP contribution in [0, 0.1) is 5.82 Å². The van der Waals surface area contributed by atoms with Crippen molar-refractivity contribution in [2.24, 2.45) is 0 Å². The van der Waals surface area contributed by atoms with Gasteiger partial charge in [-0.15, -0.1) is 0 Å². The SMILES string of the molecule is O=C1NC2(CCNCC2)NN1c1ccc(F)cc1. The third-order valence-electron chi connectivity index (χ3n) is 3.42. The number of carbonyl (C=O) groups excluding carboxylic acids is 1. The summed E-state index contributed by atoms with van der Waals surface area (Å²) in [6.07, 6.45) is 1.66. The summed E-state index contributed by atoms with van der Waals surface area (Å²) in [5.41, 5.74) is 3.48. The van der Waals surface area contributed by atoms with Crippen molar-refractivity contribution in [2.45, 2.75) is 18.5 Å². The predicted molar refractivity (Wildman–Crippen MR) is 65.4 cm³/mol. The molecule has 2 aliphatic heterocycles. The van der Waals surface area contributed by atoms with E-state index in [1.165, 1.54) is 17.1 Å². The number of hydrogen-bond acceptors (Lipinski definition) is 3. The number of urea groups is 1. The number of carbonyl (C=O) groups is 1. The number of benzene rings is 1. The van der Waals surface area contributed by atoms with Gasteiger partial charge in [0.2, 0.25) is 0 Å². The van der Waals surface area contributed by atoms with E-state index in [9.17, 15) is 9.18 Å². The summed E-state index contributed by atoms with van der Waals surface area (Å²) in [5, 5.41) is 7.68. The first-order valence-electron chi connectivity index (χ1n) is 6.05. The van der Waals surface area contributed by atoms with Gasteiger partial charge in [-0.25, -0.2) is 19.6 Å². The minimum Gasteiger partial charge on any atom is -0.317 e. The minimum absolute atomic E-state index is 0.191. The van der Waals surface area contributed by atoms with Crippen LogP contribution in [0.4, 0.5) is 14.9 Å². The van der Waals surface area contributed by atoms with Crippen LogP contribution in [0.25, 0.3) is 0 Å². The summed E-state index contributed by atoms with van der Waals surface area (Å²) < 4.78 is 12.9. The second kappa shape index (κ2) is 4.22. The van der Waals surface area contributed by atoms with Crippen molar-refractivity contribution in [3.8, 4) is 0 Å². The molecule has 1 aromatic carbocycles. The average Bonchev–Trinajstić information content (AvgIpc) is 2.68. The van der Waals surface area contributed by atoms with E-state index in [0.717, 1.165) is 25.9 Å². The van der Waals surface area contributed by atoms with Crippen LogP contribution in [0.5, 0.6) is 0 Å². The second-order valence-electron chi connectivity index (χ2n) is 4.69. The van der Waals surface area contributed by atoms with Crippen molar-refractivity contribution >= 4 is 11.7 Å². The lowest BCUT2D eigenvalue weighted by Gasteiger charge is -2.33. The number of hydrazine groups is 1. The Balaban J connectivity index is 1.82. The maximum atomic E-state index is 12.9. The van der Waals surface area contributed by atoms with Crippen molar-refractivity contribution in [1.29, 1.82) is 0 Å². The lowest BCUT2D eigenvalue weighted by molar-refractivity contribution is 0.229. The van der Waals surface area contributed by atoms with E-state index >= 15 is 0 Å². The van der Waals surface area contributed by atoms with Gasteiger partial charge in [0.05, 0.1) is 5.69 Å². The molecule has 0 aliphatic carbocycles. The zero-order valence-corrected chi connectivity index (χ0v) is 9.87. The zero-order valence-electron chi connectivity index (χ0n) is 9.87. The number of halogens is 1. The molecule has 0 saturated carbocycles. The molecule has 2 saturated heterocycles. The summed E-state index contributed by atoms with van der Waals surface area (Å²) in [6.45, 7) is 1.73. The summed E-state index contributed by atoms with van der Waals surface area (Å²) in [4.78, 5) is 12.0. The van der Waals surface area contributed by atoms with Gasteiger partial charge in [0.15, 0.2) is 0 Å². The van der Waals surface area contributed by atoms with Gasteiger partial charge in [0, 0.05) is 0 Å². The van der Waals surface area contributed by atoms with E-state index in [2.05, 4.69) is 16.1 Å². The van der Waals surface area contributed by atoms with Gasteiger partial charge in [0.25, 0.3) is 0 Å². The Morgan fingerprint density at radius 3 is 2.50 bits per heavy atom. The molecule has 2 fully saturated rings. The van der Waals surface area contributed by atoms with E-state index in [-0.39, 0.29) is 17.5 Å². The van der Waals surface area contributed by atoms with Gasteiger partial charge in [-0.2, -0.15) is 0 Å². The van der Waals surface area contributed by atoms with Crippen molar-refractivity contribution in [3.63, 3.8) is 0 Å². The second-order valence-corrected chi connectivity index (χ2v) is 4.69. The number of amides is 2. The first-order valence-corrected chi connectivity index (χ1v) is 6.05. The van der Waals surface area contributed by atoms with E-state index in [4.69, 9.17) is 0 Å². The predicted octanol–water partition coefficient (Wildman–Crippen LogP) is 0.940. The highest BCUT2D eigenvalue weighted by molar-refractivity contribution is 5.93. The lowest BCUT2D eigenvalue weighted by Crippen LogP contribution is -2.57. The highest BCUT2D eigenvalue weighted by Crippen LogP contribution is 2.24. The summed E-state index contributed by atoms with van der Waals surface area (Å²) in [6, 6.07) is 5.67. The van der Waals surface area contributed by atoms with Crippen molar-refractivity contribution in [1.82, 2.24) is 16.1 Å². The van der Waals surface area contributed by atoms with Crippen LogP contribution in [0.2, 0.25) is 0 Å². The van der Waals surface area contributed by atoms with Gasteiger partial charge < -0.3 is 10.6 Å². The molecule has 2 amide bonds. The number of anilines is 1. The molecule has 0 unspecified atom stereocenters. The molecule has 6 heteroatoms. The van der Waals surface area contributed by atoms with Gasteiger partial charge in [-0.3, -0.25) is 0 Å². The van der Waals surface area contributed by atoms with E-state index < -0.39 is 0 Å². The molecule has 0 aromatic heterocycles. The first-order chi connectivity index (χ1) is 8.69. The Morgan fingerprint density at radius 2 is 1.83 bits per heavy atom. The van der Waals surface area contributed by atoms with Crippen molar-refractivity contribution in [2.75, 3.05) is 18.1 Å². The molecular formula is C12H15FN4O. The number of nitrogens with one attached hydrogen (secondary N) is 3. The molecule has 3 N–H and O–H groups in total. The Morgan fingerprint density at radius 1 is 1.17 bits per heavy atom. The van der Waals surface area contributed by atoms with E-state index in [1.807, 2.05) is 0 Å². The molecule has 2 aliphatic rings. The molecule has 0 radical (unpaired) electrons. The normalized spacial score (nSPS) is 22.3. The van der Waals surface area contributed by atoms with Crippen LogP contribution in [0.1, 0.15) is 12.8 Å². The molecule has 0 bridgehead atoms. The van der Waals surface area contributed by atoms with Gasteiger partial charge in [0.1, 0.15) is 11.5 Å². The molecule has 3 rings (SSSR count). The number of hydrogen-bond donors (Lipinski definition) is 3. The zero-order chi connectivity index (χ0) is 12.6. The largest absolute Gasteiger partial charge is 0.338 e. The van der Waals surface area contributed by atoms with Crippen molar-refractivity contribution in [3.05, 3.63) is 30.1 Å². The standard InChI is InChI=1S/C12H15FN4O/c13-9-1-3-10(4-2-9)17-11(18)15-12(16-17)5-7-14-8-6-12/h1-4,14,16H,5-8H2,(H,15,18). The maximum absolute atomic E-state index is 12.9. The summed E-state index contributed by atoms with van der Waals surface area (Å²) in [7, 11) is 0. The highest BCUT2D eigenvalue weighted by Gasteiger charge is 2.43. The maximum Gasteiger partial charge on any atom is 0.338 e.